The molecule has 1 heterocycles. The smallest absolute Gasteiger partial charge is 0.326 e. The van der Waals surface area contributed by atoms with Crippen molar-refractivity contribution < 1.29 is 34.2 Å². The van der Waals surface area contributed by atoms with E-state index in [0.29, 0.717) is 12.1 Å². The molecule has 13 heteroatoms. The van der Waals surface area contributed by atoms with Gasteiger partial charge in [0.15, 0.2) is 0 Å². The van der Waals surface area contributed by atoms with E-state index in [4.69, 9.17) is 10.8 Å². The molecule has 8 N–H and O–H groups in total. The lowest BCUT2D eigenvalue weighted by atomic mass is 10.0. The Bertz CT molecular complexity index is 811. The summed E-state index contributed by atoms with van der Waals surface area (Å²) < 4.78 is 0. The normalized spacial score (nSPS) is 14.7. The molecule has 0 saturated carbocycles. The Morgan fingerprint density at radius 2 is 1.62 bits per heavy atom. The average molecular weight is 454 g/mol. The third kappa shape index (κ3) is 9.12. The molecular weight excluding hydrogens is 424 g/mol. The van der Waals surface area contributed by atoms with Crippen LogP contribution in [0.2, 0.25) is 0 Å². The Labute approximate surface area is 184 Å². The van der Waals surface area contributed by atoms with Gasteiger partial charge < -0.3 is 36.9 Å². The summed E-state index contributed by atoms with van der Waals surface area (Å²) in [6, 6.07) is -4.89. The van der Waals surface area contributed by atoms with Crippen molar-refractivity contribution in [2.24, 2.45) is 11.7 Å². The molecule has 0 aliphatic rings. The number of carbonyl (C=O) groups is 5. The fraction of sp³-hybridized carbons (Fsp3) is 0.579. The van der Waals surface area contributed by atoms with Gasteiger partial charge in [0, 0.05) is 18.3 Å². The van der Waals surface area contributed by atoms with Crippen LogP contribution in [-0.2, 0) is 30.4 Å². The van der Waals surface area contributed by atoms with Crippen molar-refractivity contribution in [3.8, 4) is 0 Å². The molecule has 3 amide bonds. The molecule has 0 spiro atoms. The Kier molecular flexibility index (Phi) is 10.3. The standard InChI is InChI=1S/C19H30N6O7/c1-9(2)4-12(20)17(29)23-10(3)16(28)24-13(6-15(26)27)18(30)25-14(19(31)32)5-11-7-21-8-22-11/h7-10,12-14H,4-6,20H2,1-3H3,(H,21,22)(H,23,29)(H,24,28)(H,25,30)(H,26,27)(H,31,32). The maximum absolute atomic E-state index is 12.5. The van der Waals surface area contributed by atoms with E-state index in [0.717, 1.165) is 0 Å². The molecule has 1 rings (SSSR count). The number of carboxylic acid groups (broad SMARTS) is 2. The molecule has 0 aromatic carbocycles. The number of hydrogen-bond donors (Lipinski definition) is 7. The van der Waals surface area contributed by atoms with Crippen LogP contribution in [0, 0.1) is 5.92 Å². The Morgan fingerprint density at radius 3 is 2.12 bits per heavy atom. The Hall–Kier alpha value is -3.48. The number of hydrogen-bond acceptors (Lipinski definition) is 7. The van der Waals surface area contributed by atoms with Gasteiger partial charge in [-0.1, -0.05) is 13.8 Å². The molecule has 0 bridgehead atoms. The highest BCUT2D eigenvalue weighted by atomic mass is 16.4. The largest absolute Gasteiger partial charge is 0.481 e. The maximum Gasteiger partial charge on any atom is 0.326 e. The van der Waals surface area contributed by atoms with Gasteiger partial charge in [0.2, 0.25) is 17.7 Å². The van der Waals surface area contributed by atoms with Gasteiger partial charge in [-0.2, -0.15) is 0 Å². The molecule has 1 aromatic rings. The minimum Gasteiger partial charge on any atom is -0.481 e. The number of aliphatic carboxylic acids is 2. The first-order valence-electron chi connectivity index (χ1n) is 9.99. The van der Waals surface area contributed by atoms with Crippen molar-refractivity contribution >= 4 is 29.7 Å². The lowest BCUT2D eigenvalue weighted by Crippen LogP contribution is -2.57. The zero-order valence-corrected chi connectivity index (χ0v) is 18.1. The molecule has 0 saturated heterocycles. The molecule has 0 radical (unpaired) electrons. The minimum absolute atomic E-state index is 0.130. The number of carbonyl (C=O) groups excluding carboxylic acids is 3. The number of aromatic amines is 1. The van der Waals surface area contributed by atoms with E-state index in [9.17, 15) is 29.1 Å². The van der Waals surface area contributed by atoms with E-state index < -0.39 is 60.2 Å². The number of imidazole rings is 1. The molecule has 178 valence electrons. The highest BCUT2D eigenvalue weighted by Gasteiger charge is 2.30. The van der Waals surface area contributed by atoms with Crippen molar-refractivity contribution in [3.63, 3.8) is 0 Å². The van der Waals surface area contributed by atoms with Crippen LogP contribution in [0.3, 0.4) is 0 Å². The Morgan fingerprint density at radius 1 is 1.00 bits per heavy atom. The fourth-order valence-electron chi connectivity index (χ4n) is 2.77. The molecule has 0 fully saturated rings. The van der Waals surface area contributed by atoms with Crippen molar-refractivity contribution in [2.45, 2.75) is 64.2 Å². The summed E-state index contributed by atoms with van der Waals surface area (Å²) in [5.74, 6) is -4.96. The number of nitrogens with zero attached hydrogens (tertiary/aromatic N) is 1. The van der Waals surface area contributed by atoms with E-state index >= 15 is 0 Å². The fourth-order valence-corrected chi connectivity index (χ4v) is 2.77. The van der Waals surface area contributed by atoms with Gasteiger partial charge in [-0.25, -0.2) is 9.78 Å². The molecule has 13 nitrogen and oxygen atoms in total. The van der Waals surface area contributed by atoms with Gasteiger partial charge in [0.25, 0.3) is 0 Å². The maximum atomic E-state index is 12.5. The first kappa shape index (κ1) is 26.6. The highest BCUT2D eigenvalue weighted by molar-refractivity contribution is 5.95. The molecule has 32 heavy (non-hydrogen) atoms. The van der Waals surface area contributed by atoms with Gasteiger partial charge in [0.1, 0.15) is 18.1 Å². The SMILES string of the molecule is CC(C)CC(N)C(=O)NC(C)C(=O)NC(CC(=O)O)C(=O)NC(Cc1cnc[nH]1)C(=O)O. The van der Waals surface area contributed by atoms with E-state index in [1.165, 1.54) is 19.4 Å². The summed E-state index contributed by atoms with van der Waals surface area (Å²) in [6.07, 6.45) is 2.20. The second-order valence-electron chi connectivity index (χ2n) is 7.81. The predicted molar refractivity (Wildman–Crippen MR) is 111 cm³/mol. The zero-order chi connectivity index (χ0) is 24.4. The third-order valence-electron chi connectivity index (χ3n) is 4.42. The highest BCUT2D eigenvalue weighted by Crippen LogP contribution is 2.04. The third-order valence-corrected chi connectivity index (χ3v) is 4.42. The number of nitrogens with two attached hydrogens (primary N) is 1. The summed E-state index contributed by atoms with van der Waals surface area (Å²) >= 11 is 0. The van der Waals surface area contributed by atoms with E-state index in [2.05, 4.69) is 25.9 Å². The van der Waals surface area contributed by atoms with Crippen LogP contribution in [0.15, 0.2) is 12.5 Å². The monoisotopic (exact) mass is 454 g/mol. The number of H-pyrrole nitrogens is 1. The number of aromatic nitrogens is 2. The first-order valence-corrected chi connectivity index (χ1v) is 9.99. The van der Waals surface area contributed by atoms with Crippen molar-refractivity contribution in [1.82, 2.24) is 25.9 Å². The summed E-state index contributed by atoms with van der Waals surface area (Å²) in [7, 11) is 0. The predicted octanol–water partition coefficient (Wildman–Crippen LogP) is -1.64. The van der Waals surface area contributed by atoms with Crippen molar-refractivity contribution in [1.29, 1.82) is 0 Å². The van der Waals surface area contributed by atoms with E-state index in [1.54, 1.807) is 0 Å². The quantitative estimate of drug-likeness (QED) is 0.181. The van der Waals surface area contributed by atoms with Crippen LogP contribution < -0.4 is 21.7 Å². The van der Waals surface area contributed by atoms with Gasteiger partial charge in [-0.15, -0.1) is 0 Å². The van der Waals surface area contributed by atoms with Crippen LogP contribution in [0.4, 0.5) is 0 Å². The van der Waals surface area contributed by atoms with Gasteiger partial charge in [-0.05, 0) is 19.3 Å². The van der Waals surface area contributed by atoms with Crippen LogP contribution >= 0.6 is 0 Å². The van der Waals surface area contributed by atoms with Gasteiger partial charge in [-0.3, -0.25) is 19.2 Å². The summed E-state index contributed by atoms with van der Waals surface area (Å²) in [5, 5.41) is 25.3. The zero-order valence-electron chi connectivity index (χ0n) is 18.1. The summed E-state index contributed by atoms with van der Waals surface area (Å²) in [5.41, 5.74) is 6.21. The molecular formula is C19H30N6O7. The number of amides is 3. The topological polar surface area (TPSA) is 217 Å². The van der Waals surface area contributed by atoms with E-state index in [-0.39, 0.29) is 12.3 Å². The number of carboxylic acids is 2. The lowest BCUT2D eigenvalue weighted by Gasteiger charge is -2.23. The van der Waals surface area contributed by atoms with Crippen LogP contribution in [0.25, 0.3) is 0 Å². The van der Waals surface area contributed by atoms with Crippen LogP contribution in [-0.4, -0.2) is 74.0 Å². The summed E-state index contributed by atoms with van der Waals surface area (Å²) in [6.45, 7) is 5.12. The summed E-state index contributed by atoms with van der Waals surface area (Å²) in [4.78, 5) is 66.2. The van der Waals surface area contributed by atoms with Gasteiger partial charge in [0.05, 0.1) is 18.8 Å². The number of rotatable bonds is 13. The molecule has 1 aromatic heterocycles. The second-order valence-corrected chi connectivity index (χ2v) is 7.81. The Balaban J connectivity index is 2.80. The minimum atomic E-state index is -1.56. The van der Waals surface area contributed by atoms with Crippen LogP contribution in [0.1, 0.15) is 39.3 Å². The van der Waals surface area contributed by atoms with Gasteiger partial charge >= 0.3 is 11.9 Å². The second kappa shape index (κ2) is 12.4. The molecule has 0 aliphatic carbocycles. The van der Waals surface area contributed by atoms with Crippen molar-refractivity contribution in [3.05, 3.63) is 18.2 Å². The molecule has 4 atom stereocenters. The first-order chi connectivity index (χ1) is 14.9. The molecule has 4 unspecified atom stereocenters. The lowest BCUT2D eigenvalue weighted by molar-refractivity contribution is -0.143. The average Bonchev–Trinajstić information content (AvgIpc) is 3.18. The molecule has 0 aliphatic heterocycles. The van der Waals surface area contributed by atoms with Crippen molar-refractivity contribution in [2.75, 3.05) is 0 Å². The van der Waals surface area contributed by atoms with Crippen LogP contribution in [0.5, 0.6) is 0 Å². The number of nitrogens with one attached hydrogen (secondary N) is 4. The van der Waals surface area contributed by atoms with E-state index in [1.807, 2.05) is 13.8 Å².